The molecule has 1 aromatic carbocycles. The van der Waals surface area contributed by atoms with Crippen LogP contribution < -0.4 is 0 Å². The van der Waals surface area contributed by atoms with Crippen LogP contribution in [-0.4, -0.2) is 31.2 Å². The lowest BCUT2D eigenvalue weighted by Gasteiger charge is -2.17. The molecule has 1 aromatic rings. The van der Waals surface area contributed by atoms with Crippen molar-refractivity contribution in [2.45, 2.75) is 18.2 Å². The number of benzene rings is 1. The Morgan fingerprint density at radius 3 is 2.60 bits per heavy atom. The topological polar surface area (TPSA) is 80.5 Å². The van der Waals surface area contributed by atoms with Crippen molar-refractivity contribution in [2.75, 3.05) is 13.6 Å². The molecule has 1 aliphatic carbocycles. The molecule has 0 saturated heterocycles. The molecular weight excluding hydrogens is 304 g/mol. The minimum absolute atomic E-state index is 0.00806. The molecule has 1 fully saturated rings. The van der Waals surface area contributed by atoms with Gasteiger partial charge >= 0.3 is 0 Å². The van der Waals surface area contributed by atoms with Gasteiger partial charge in [-0.3, -0.25) is 10.1 Å². The van der Waals surface area contributed by atoms with Crippen molar-refractivity contribution in [2.24, 2.45) is 11.8 Å². The van der Waals surface area contributed by atoms with E-state index in [4.69, 9.17) is 11.6 Å². The SMILES string of the molecule is CC1CC1CN(C)S(=O)(=O)c1cc([N+](=O)[O-])ccc1Cl. The lowest BCUT2D eigenvalue weighted by molar-refractivity contribution is -0.385. The molecule has 2 atom stereocenters. The van der Waals surface area contributed by atoms with Gasteiger partial charge < -0.3 is 0 Å². The first-order valence-corrected chi connectivity index (χ1v) is 7.95. The number of hydrogen-bond donors (Lipinski definition) is 0. The Kier molecular flexibility index (Phi) is 4.04. The molecular formula is C12H15ClN2O4S. The second-order valence-corrected chi connectivity index (χ2v) is 7.55. The quantitative estimate of drug-likeness (QED) is 0.617. The summed E-state index contributed by atoms with van der Waals surface area (Å²) in [6.07, 6.45) is 1.00. The minimum Gasteiger partial charge on any atom is -0.258 e. The summed E-state index contributed by atoms with van der Waals surface area (Å²) in [6.45, 7) is 2.47. The van der Waals surface area contributed by atoms with E-state index in [0.29, 0.717) is 18.4 Å². The van der Waals surface area contributed by atoms with Gasteiger partial charge in [0, 0.05) is 25.7 Å². The summed E-state index contributed by atoms with van der Waals surface area (Å²) >= 11 is 5.88. The second-order valence-electron chi connectivity index (χ2n) is 5.13. The summed E-state index contributed by atoms with van der Waals surface area (Å²) < 4.78 is 26.0. The number of rotatable bonds is 5. The first-order chi connectivity index (χ1) is 9.23. The largest absolute Gasteiger partial charge is 0.270 e. The number of sulfonamides is 1. The van der Waals surface area contributed by atoms with Gasteiger partial charge in [0.2, 0.25) is 10.0 Å². The summed E-state index contributed by atoms with van der Waals surface area (Å²) in [5, 5.41) is 10.7. The van der Waals surface area contributed by atoms with E-state index in [0.717, 1.165) is 12.5 Å². The van der Waals surface area contributed by atoms with Gasteiger partial charge in [-0.15, -0.1) is 0 Å². The lowest BCUT2D eigenvalue weighted by Crippen LogP contribution is -2.29. The molecule has 0 bridgehead atoms. The van der Waals surface area contributed by atoms with Crippen molar-refractivity contribution in [1.82, 2.24) is 4.31 Å². The summed E-state index contributed by atoms with van der Waals surface area (Å²) in [5.41, 5.74) is -0.291. The van der Waals surface area contributed by atoms with Crippen molar-refractivity contribution >= 4 is 27.3 Å². The smallest absolute Gasteiger partial charge is 0.258 e. The summed E-state index contributed by atoms with van der Waals surface area (Å²) in [6, 6.07) is 3.43. The number of nitrogens with zero attached hydrogens (tertiary/aromatic N) is 2. The molecule has 0 N–H and O–H groups in total. The van der Waals surface area contributed by atoms with E-state index in [1.807, 2.05) is 0 Å². The number of halogens is 1. The van der Waals surface area contributed by atoms with Crippen LogP contribution in [0.4, 0.5) is 5.69 Å². The third kappa shape index (κ3) is 2.94. The summed E-state index contributed by atoms with van der Waals surface area (Å²) in [4.78, 5) is 9.89. The first-order valence-electron chi connectivity index (χ1n) is 6.13. The van der Waals surface area contributed by atoms with Gasteiger partial charge in [0.05, 0.1) is 9.95 Å². The van der Waals surface area contributed by atoms with Crippen LogP contribution in [0.25, 0.3) is 0 Å². The zero-order chi connectivity index (χ0) is 15.1. The molecule has 0 radical (unpaired) electrons. The Labute approximate surface area is 122 Å². The number of nitro benzene ring substituents is 1. The van der Waals surface area contributed by atoms with Crippen LogP contribution >= 0.6 is 11.6 Å². The van der Waals surface area contributed by atoms with E-state index >= 15 is 0 Å². The van der Waals surface area contributed by atoms with E-state index < -0.39 is 14.9 Å². The number of non-ortho nitro benzene ring substituents is 1. The molecule has 0 heterocycles. The van der Waals surface area contributed by atoms with Gasteiger partial charge in [0.1, 0.15) is 4.90 Å². The molecule has 2 unspecified atom stereocenters. The molecule has 0 spiro atoms. The van der Waals surface area contributed by atoms with Crippen LogP contribution in [0, 0.1) is 22.0 Å². The molecule has 1 saturated carbocycles. The van der Waals surface area contributed by atoms with Crippen LogP contribution in [0.5, 0.6) is 0 Å². The van der Waals surface area contributed by atoms with E-state index in [1.54, 1.807) is 0 Å². The molecule has 0 amide bonds. The molecule has 0 aliphatic heterocycles. The summed E-state index contributed by atoms with van der Waals surface area (Å²) in [7, 11) is -2.34. The highest BCUT2D eigenvalue weighted by atomic mass is 35.5. The molecule has 20 heavy (non-hydrogen) atoms. The fourth-order valence-corrected chi connectivity index (χ4v) is 3.77. The van der Waals surface area contributed by atoms with Crippen LogP contribution in [0.1, 0.15) is 13.3 Å². The fourth-order valence-electron chi connectivity index (χ4n) is 2.05. The van der Waals surface area contributed by atoms with E-state index in [-0.39, 0.29) is 15.6 Å². The predicted octanol–water partition coefficient (Wildman–Crippen LogP) is 2.52. The van der Waals surface area contributed by atoms with Crippen molar-refractivity contribution < 1.29 is 13.3 Å². The molecule has 6 nitrogen and oxygen atoms in total. The molecule has 110 valence electrons. The Balaban J connectivity index is 2.32. The lowest BCUT2D eigenvalue weighted by atomic mass is 10.3. The van der Waals surface area contributed by atoms with Gasteiger partial charge in [0.25, 0.3) is 5.69 Å². The van der Waals surface area contributed by atoms with Gasteiger partial charge in [0.15, 0.2) is 0 Å². The standard InChI is InChI=1S/C12H15ClN2O4S/c1-8-5-9(8)7-14(2)20(18,19)12-6-10(15(16)17)3-4-11(12)13/h3-4,6,8-9H,5,7H2,1-2H3. The second kappa shape index (κ2) is 5.31. The fraction of sp³-hybridized carbons (Fsp3) is 0.500. The summed E-state index contributed by atoms with van der Waals surface area (Å²) in [5.74, 6) is 0.875. The average molecular weight is 319 g/mol. The Morgan fingerprint density at radius 1 is 1.50 bits per heavy atom. The predicted molar refractivity (Wildman–Crippen MR) is 75.2 cm³/mol. The van der Waals surface area contributed by atoms with Gasteiger partial charge in [-0.1, -0.05) is 18.5 Å². The maximum Gasteiger partial charge on any atom is 0.270 e. The number of hydrogen-bond acceptors (Lipinski definition) is 4. The molecule has 1 aliphatic rings. The van der Waals surface area contributed by atoms with Gasteiger partial charge in [-0.25, -0.2) is 12.7 Å². The molecule has 2 rings (SSSR count). The maximum absolute atomic E-state index is 12.4. The van der Waals surface area contributed by atoms with E-state index in [9.17, 15) is 18.5 Å². The molecule has 0 aromatic heterocycles. The Hall–Kier alpha value is -1.18. The Morgan fingerprint density at radius 2 is 2.10 bits per heavy atom. The monoisotopic (exact) mass is 318 g/mol. The van der Waals surface area contributed by atoms with Crippen molar-refractivity contribution in [3.63, 3.8) is 0 Å². The van der Waals surface area contributed by atoms with Crippen molar-refractivity contribution in [1.29, 1.82) is 0 Å². The van der Waals surface area contributed by atoms with Gasteiger partial charge in [-0.2, -0.15) is 0 Å². The van der Waals surface area contributed by atoms with Crippen molar-refractivity contribution in [3.05, 3.63) is 33.3 Å². The highest BCUT2D eigenvalue weighted by molar-refractivity contribution is 7.89. The third-order valence-electron chi connectivity index (χ3n) is 3.58. The highest BCUT2D eigenvalue weighted by Gasteiger charge is 2.36. The van der Waals surface area contributed by atoms with E-state index in [2.05, 4.69) is 6.92 Å². The number of nitro groups is 1. The van der Waals surface area contributed by atoms with Crippen LogP contribution in [-0.2, 0) is 10.0 Å². The van der Waals surface area contributed by atoms with Crippen LogP contribution in [0.3, 0.4) is 0 Å². The van der Waals surface area contributed by atoms with Crippen molar-refractivity contribution in [3.8, 4) is 0 Å². The maximum atomic E-state index is 12.4. The van der Waals surface area contributed by atoms with Crippen LogP contribution in [0.2, 0.25) is 5.02 Å². The normalized spacial score (nSPS) is 22.0. The average Bonchev–Trinajstić information content (AvgIpc) is 3.04. The third-order valence-corrected chi connectivity index (χ3v) is 5.89. The minimum atomic E-state index is -3.81. The highest BCUT2D eigenvalue weighted by Crippen LogP contribution is 2.39. The van der Waals surface area contributed by atoms with Crippen LogP contribution in [0.15, 0.2) is 23.1 Å². The van der Waals surface area contributed by atoms with E-state index in [1.165, 1.54) is 23.5 Å². The molecule has 8 heteroatoms. The zero-order valence-corrected chi connectivity index (χ0v) is 12.7. The first kappa shape index (κ1) is 15.2. The Bertz CT molecular complexity index is 647. The zero-order valence-electron chi connectivity index (χ0n) is 11.1. The van der Waals surface area contributed by atoms with Gasteiger partial charge in [-0.05, 0) is 24.3 Å².